The van der Waals surface area contributed by atoms with Crippen molar-refractivity contribution in [2.75, 3.05) is 5.73 Å². The highest BCUT2D eigenvalue weighted by atomic mass is 79.9. The van der Waals surface area contributed by atoms with Gasteiger partial charge in [0.25, 0.3) is 0 Å². The Balaban J connectivity index is 1.59. The van der Waals surface area contributed by atoms with Gasteiger partial charge in [-0.15, -0.1) is 0 Å². The van der Waals surface area contributed by atoms with Crippen LogP contribution < -0.4 is 5.73 Å². The van der Waals surface area contributed by atoms with Crippen molar-refractivity contribution in [3.05, 3.63) is 28.0 Å². The molecule has 2 aliphatic rings. The van der Waals surface area contributed by atoms with Crippen molar-refractivity contribution in [2.24, 2.45) is 11.3 Å². The van der Waals surface area contributed by atoms with E-state index in [1.807, 2.05) is 0 Å². The van der Waals surface area contributed by atoms with Crippen LogP contribution in [0.15, 0.2) is 16.6 Å². The number of hydrogen-bond acceptors (Lipinski definition) is 2. The van der Waals surface area contributed by atoms with Crippen LogP contribution in [-0.4, -0.2) is 11.2 Å². The zero-order chi connectivity index (χ0) is 14.3. The van der Waals surface area contributed by atoms with E-state index in [-0.39, 0.29) is 11.9 Å². The number of rotatable bonds is 3. The average molecular weight is 342 g/mol. The smallest absolute Gasteiger partial charge is 0.129 e. The third-order valence-electron chi connectivity index (χ3n) is 5.25. The van der Waals surface area contributed by atoms with E-state index in [9.17, 15) is 9.50 Å². The Kier molecular flexibility index (Phi) is 3.80. The molecule has 0 heterocycles. The Hall–Kier alpha value is -0.610. The summed E-state index contributed by atoms with van der Waals surface area (Å²) in [6, 6.07) is 3.27. The molecule has 3 rings (SSSR count). The molecular weight excluding hydrogens is 321 g/mol. The van der Waals surface area contributed by atoms with E-state index in [0.29, 0.717) is 27.1 Å². The van der Waals surface area contributed by atoms with E-state index in [4.69, 9.17) is 5.73 Å². The van der Waals surface area contributed by atoms with Crippen LogP contribution in [0, 0.1) is 17.2 Å². The molecule has 110 valence electrons. The summed E-state index contributed by atoms with van der Waals surface area (Å²) in [5.74, 6) is 0.489. The Morgan fingerprint density at radius 1 is 1.35 bits per heavy atom. The fraction of sp³-hybridized carbons (Fsp3) is 0.625. The average Bonchev–Trinajstić information content (AvgIpc) is 3.05. The molecule has 3 N–H and O–H groups in total. The molecule has 4 heteroatoms. The maximum atomic E-state index is 13.9. The number of hydrogen-bond donors (Lipinski definition) is 2. The second-order valence-corrected chi connectivity index (χ2v) is 7.40. The summed E-state index contributed by atoms with van der Waals surface area (Å²) < 4.78 is 14.6. The van der Waals surface area contributed by atoms with Crippen LogP contribution >= 0.6 is 15.9 Å². The van der Waals surface area contributed by atoms with Crippen LogP contribution in [0.25, 0.3) is 0 Å². The van der Waals surface area contributed by atoms with Crippen molar-refractivity contribution in [3.63, 3.8) is 0 Å². The summed E-state index contributed by atoms with van der Waals surface area (Å²) in [4.78, 5) is 0. The lowest BCUT2D eigenvalue weighted by Gasteiger charge is -2.26. The summed E-state index contributed by atoms with van der Waals surface area (Å²) in [5, 5.41) is 9.59. The van der Waals surface area contributed by atoms with Crippen LogP contribution in [0.3, 0.4) is 0 Å². The van der Waals surface area contributed by atoms with E-state index in [0.717, 1.165) is 38.5 Å². The number of halogens is 2. The van der Waals surface area contributed by atoms with E-state index in [1.165, 1.54) is 12.5 Å². The third-order valence-corrected chi connectivity index (χ3v) is 5.71. The van der Waals surface area contributed by atoms with Crippen molar-refractivity contribution < 1.29 is 9.50 Å². The first-order valence-electron chi connectivity index (χ1n) is 7.42. The molecule has 20 heavy (non-hydrogen) atoms. The van der Waals surface area contributed by atoms with Gasteiger partial charge >= 0.3 is 0 Å². The van der Waals surface area contributed by atoms with E-state index >= 15 is 0 Å². The molecule has 0 radical (unpaired) electrons. The SMILES string of the molecule is Nc1cc(Br)cc(F)c1CC[C@H]1CC12CCC(O)CC2. The van der Waals surface area contributed by atoms with Gasteiger partial charge in [-0.2, -0.15) is 0 Å². The van der Waals surface area contributed by atoms with E-state index in [2.05, 4.69) is 15.9 Å². The highest BCUT2D eigenvalue weighted by Crippen LogP contribution is 2.63. The summed E-state index contributed by atoms with van der Waals surface area (Å²) in [6.45, 7) is 0. The van der Waals surface area contributed by atoms with Gasteiger partial charge in [-0.05, 0) is 68.4 Å². The number of nitrogen functional groups attached to an aromatic ring is 1. The second-order valence-electron chi connectivity index (χ2n) is 6.49. The number of aliphatic hydroxyl groups excluding tert-OH is 1. The van der Waals surface area contributed by atoms with Crippen molar-refractivity contribution in [1.29, 1.82) is 0 Å². The van der Waals surface area contributed by atoms with E-state index in [1.54, 1.807) is 6.07 Å². The first kappa shape index (κ1) is 14.3. The van der Waals surface area contributed by atoms with Gasteiger partial charge in [0.1, 0.15) is 5.82 Å². The molecule has 0 amide bonds. The fourth-order valence-corrected chi connectivity index (χ4v) is 4.28. The van der Waals surface area contributed by atoms with Gasteiger partial charge in [-0.25, -0.2) is 4.39 Å². The predicted octanol–water partition coefficient (Wildman–Crippen LogP) is 4.04. The Bertz CT molecular complexity index is 488. The van der Waals surface area contributed by atoms with Crippen LogP contribution in [0.1, 0.15) is 44.1 Å². The number of aliphatic hydroxyl groups is 1. The van der Waals surface area contributed by atoms with Crippen LogP contribution in [0.5, 0.6) is 0 Å². The van der Waals surface area contributed by atoms with Crippen molar-refractivity contribution >= 4 is 21.6 Å². The lowest BCUT2D eigenvalue weighted by Crippen LogP contribution is -2.20. The molecule has 2 aliphatic carbocycles. The zero-order valence-electron chi connectivity index (χ0n) is 11.5. The topological polar surface area (TPSA) is 46.2 Å². The normalized spacial score (nSPS) is 32.5. The van der Waals surface area contributed by atoms with Gasteiger partial charge < -0.3 is 10.8 Å². The van der Waals surface area contributed by atoms with Crippen LogP contribution in [0.2, 0.25) is 0 Å². The van der Waals surface area contributed by atoms with Crippen LogP contribution in [0.4, 0.5) is 10.1 Å². The largest absolute Gasteiger partial charge is 0.398 e. The predicted molar refractivity (Wildman–Crippen MR) is 81.8 cm³/mol. The van der Waals surface area contributed by atoms with E-state index < -0.39 is 0 Å². The molecule has 1 spiro atoms. The lowest BCUT2D eigenvalue weighted by atomic mass is 9.82. The van der Waals surface area contributed by atoms with Gasteiger partial charge in [0.15, 0.2) is 0 Å². The van der Waals surface area contributed by atoms with Gasteiger partial charge in [0, 0.05) is 15.7 Å². The summed E-state index contributed by atoms with van der Waals surface area (Å²) in [5.41, 5.74) is 7.58. The Morgan fingerprint density at radius 3 is 2.70 bits per heavy atom. The van der Waals surface area contributed by atoms with Gasteiger partial charge in [0.05, 0.1) is 6.10 Å². The molecule has 1 aromatic rings. The van der Waals surface area contributed by atoms with Crippen molar-refractivity contribution in [3.8, 4) is 0 Å². The summed E-state index contributed by atoms with van der Waals surface area (Å²) in [6.07, 6.45) is 7.03. The van der Waals surface area contributed by atoms with Gasteiger partial charge in [0.2, 0.25) is 0 Å². The molecule has 1 atom stereocenters. The molecule has 0 aromatic heterocycles. The highest BCUT2D eigenvalue weighted by Gasteiger charge is 2.53. The lowest BCUT2D eigenvalue weighted by molar-refractivity contribution is 0.0966. The van der Waals surface area contributed by atoms with Crippen LogP contribution in [-0.2, 0) is 6.42 Å². The molecule has 0 aliphatic heterocycles. The minimum absolute atomic E-state index is 0.0959. The summed E-state index contributed by atoms with van der Waals surface area (Å²) in [7, 11) is 0. The second kappa shape index (κ2) is 5.30. The zero-order valence-corrected chi connectivity index (χ0v) is 13.1. The van der Waals surface area contributed by atoms with Gasteiger partial charge in [-0.3, -0.25) is 0 Å². The van der Waals surface area contributed by atoms with Gasteiger partial charge in [-0.1, -0.05) is 15.9 Å². The molecule has 1 aromatic carbocycles. The highest BCUT2D eigenvalue weighted by molar-refractivity contribution is 9.10. The molecule has 2 saturated carbocycles. The standard InChI is InChI=1S/C16H21BrFNO/c17-11-7-14(18)13(15(19)8-11)2-1-10-9-16(10)5-3-12(20)4-6-16/h7-8,10,12,20H,1-6,9,19H2/t10-,12?,16?/m0/s1. The molecule has 0 unspecified atom stereocenters. The first-order chi connectivity index (χ1) is 9.50. The first-order valence-corrected chi connectivity index (χ1v) is 8.21. The quantitative estimate of drug-likeness (QED) is 0.815. The maximum Gasteiger partial charge on any atom is 0.129 e. The molecule has 0 bridgehead atoms. The molecule has 0 saturated heterocycles. The minimum Gasteiger partial charge on any atom is -0.398 e. The Morgan fingerprint density at radius 2 is 2.05 bits per heavy atom. The summed E-state index contributed by atoms with van der Waals surface area (Å²) >= 11 is 3.26. The third kappa shape index (κ3) is 2.73. The number of anilines is 1. The molecular formula is C16H21BrFNO. The number of benzene rings is 1. The molecule has 2 fully saturated rings. The monoisotopic (exact) mass is 341 g/mol. The molecule has 2 nitrogen and oxygen atoms in total. The number of nitrogens with two attached hydrogens (primary N) is 1. The Labute approximate surface area is 127 Å². The maximum absolute atomic E-state index is 13.9. The van der Waals surface area contributed by atoms with Crippen molar-refractivity contribution in [1.82, 2.24) is 0 Å². The van der Waals surface area contributed by atoms with Crippen molar-refractivity contribution in [2.45, 2.75) is 51.0 Å². The fourth-order valence-electron chi connectivity index (χ4n) is 3.84. The minimum atomic E-state index is -0.203.